The summed E-state index contributed by atoms with van der Waals surface area (Å²) in [5.74, 6) is -2.35. The van der Waals surface area contributed by atoms with Crippen LogP contribution in [0.5, 0.6) is 0 Å². The van der Waals surface area contributed by atoms with Gasteiger partial charge in [-0.2, -0.15) is 0 Å². The molecular weight excluding hydrogens is 368 g/mol. The van der Waals surface area contributed by atoms with Crippen LogP contribution in [0.15, 0.2) is 54.6 Å². The van der Waals surface area contributed by atoms with Crippen LogP contribution in [0.3, 0.4) is 0 Å². The minimum Gasteiger partial charge on any atom is -0.481 e. The van der Waals surface area contributed by atoms with Crippen molar-refractivity contribution in [3.8, 4) is 0 Å². The van der Waals surface area contributed by atoms with Gasteiger partial charge in [0.25, 0.3) is 0 Å². The van der Waals surface area contributed by atoms with E-state index in [9.17, 15) is 19.5 Å². The second kappa shape index (κ2) is 9.87. The highest BCUT2D eigenvalue weighted by Crippen LogP contribution is 2.31. The van der Waals surface area contributed by atoms with Crippen LogP contribution >= 0.6 is 0 Å². The minimum absolute atomic E-state index is 0.0721. The molecule has 0 heterocycles. The SMILES string of the molecule is O=C(CCc1ccccc1)Nc1ccc(NC(=O)C2CCCCC2C(=O)O)cc1. The minimum atomic E-state index is -0.904. The summed E-state index contributed by atoms with van der Waals surface area (Å²) in [6.45, 7) is 0. The molecule has 0 spiro atoms. The Morgan fingerprint density at radius 1 is 0.828 bits per heavy atom. The lowest BCUT2D eigenvalue weighted by Crippen LogP contribution is -2.36. The van der Waals surface area contributed by atoms with E-state index in [0.29, 0.717) is 37.1 Å². The zero-order valence-electron chi connectivity index (χ0n) is 16.3. The summed E-state index contributed by atoms with van der Waals surface area (Å²) in [5, 5.41) is 15.0. The Morgan fingerprint density at radius 2 is 1.41 bits per heavy atom. The second-order valence-electron chi connectivity index (χ2n) is 7.44. The van der Waals surface area contributed by atoms with Crippen molar-refractivity contribution >= 4 is 29.2 Å². The Kier molecular flexibility index (Phi) is 7.00. The maximum absolute atomic E-state index is 12.5. The normalized spacial score (nSPS) is 18.6. The molecule has 152 valence electrons. The van der Waals surface area contributed by atoms with Gasteiger partial charge >= 0.3 is 5.97 Å². The van der Waals surface area contributed by atoms with E-state index in [0.717, 1.165) is 18.4 Å². The summed E-state index contributed by atoms with van der Waals surface area (Å²) in [5.41, 5.74) is 2.36. The van der Waals surface area contributed by atoms with Gasteiger partial charge in [-0.3, -0.25) is 14.4 Å². The van der Waals surface area contributed by atoms with Crippen molar-refractivity contribution < 1.29 is 19.5 Å². The largest absolute Gasteiger partial charge is 0.481 e. The third-order valence-electron chi connectivity index (χ3n) is 5.34. The maximum atomic E-state index is 12.5. The second-order valence-corrected chi connectivity index (χ2v) is 7.44. The molecule has 0 radical (unpaired) electrons. The predicted molar refractivity (Wildman–Crippen MR) is 112 cm³/mol. The van der Waals surface area contributed by atoms with E-state index in [4.69, 9.17) is 0 Å². The van der Waals surface area contributed by atoms with E-state index in [1.807, 2.05) is 30.3 Å². The summed E-state index contributed by atoms with van der Waals surface area (Å²) < 4.78 is 0. The van der Waals surface area contributed by atoms with E-state index in [1.54, 1.807) is 24.3 Å². The molecule has 2 atom stereocenters. The average Bonchev–Trinajstić information content (AvgIpc) is 2.74. The third kappa shape index (κ3) is 5.91. The maximum Gasteiger partial charge on any atom is 0.307 e. The van der Waals surface area contributed by atoms with E-state index in [1.165, 1.54) is 0 Å². The van der Waals surface area contributed by atoms with Crippen LogP contribution in [0.1, 0.15) is 37.7 Å². The van der Waals surface area contributed by atoms with Gasteiger partial charge in [0.1, 0.15) is 0 Å². The van der Waals surface area contributed by atoms with Gasteiger partial charge in [-0.1, -0.05) is 43.2 Å². The number of hydrogen-bond donors (Lipinski definition) is 3. The number of carbonyl (C=O) groups excluding carboxylic acids is 2. The van der Waals surface area contributed by atoms with Gasteiger partial charge in [-0.05, 0) is 49.1 Å². The van der Waals surface area contributed by atoms with E-state index in [-0.39, 0.29) is 11.8 Å². The molecule has 2 amide bonds. The fourth-order valence-electron chi connectivity index (χ4n) is 3.74. The molecule has 6 nitrogen and oxygen atoms in total. The molecule has 2 aromatic rings. The van der Waals surface area contributed by atoms with E-state index in [2.05, 4.69) is 10.6 Å². The summed E-state index contributed by atoms with van der Waals surface area (Å²) >= 11 is 0. The number of carboxylic acids is 1. The third-order valence-corrected chi connectivity index (χ3v) is 5.34. The zero-order chi connectivity index (χ0) is 20.6. The van der Waals surface area contributed by atoms with Gasteiger partial charge < -0.3 is 15.7 Å². The predicted octanol–water partition coefficient (Wildman–Crippen LogP) is 4.09. The molecule has 3 rings (SSSR count). The molecule has 0 aliphatic heterocycles. The number of hydrogen-bond acceptors (Lipinski definition) is 3. The van der Waals surface area contributed by atoms with Crippen LogP contribution in [0.4, 0.5) is 11.4 Å². The highest BCUT2D eigenvalue weighted by Gasteiger charge is 2.35. The van der Waals surface area contributed by atoms with Crippen molar-refractivity contribution in [3.05, 3.63) is 60.2 Å². The van der Waals surface area contributed by atoms with Crippen LogP contribution in [0.25, 0.3) is 0 Å². The summed E-state index contributed by atoms with van der Waals surface area (Å²) in [4.78, 5) is 36.0. The average molecular weight is 394 g/mol. The van der Waals surface area contributed by atoms with Gasteiger partial charge in [-0.15, -0.1) is 0 Å². The van der Waals surface area contributed by atoms with Crippen molar-refractivity contribution in [2.75, 3.05) is 10.6 Å². The van der Waals surface area contributed by atoms with Crippen molar-refractivity contribution in [2.24, 2.45) is 11.8 Å². The van der Waals surface area contributed by atoms with Crippen LogP contribution in [-0.2, 0) is 20.8 Å². The lowest BCUT2D eigenvalue weighted by Gasteiger charge is -2.27. The molecular formula is C23H26N2O4. The Hall–Kier alpha value is -3.15. The van der Waals surface area contributed by atoms with Gasteiger partial charge in [0, 0.05) is 17.8 Å². The first kappa shape index (κ1) is 20.6. The monoisotopic (exact) mass is 394 g/mol. The van der Waals surface area contributed by atoms with Gasteiger partial charge in [0.05, 0.1) is 11.8 Å². The van der Waals surface area contributed by atoms with E-state index < -0.39 is 17.8 Å². The molecule has 1 aliphatic rings. The molecule has 1 saturated carbocycles. The smallest absolute Gasteiger partial charge is 0.307 e. The van der Waals surface area contributed by atoms with Crippen molar-refractivity contribution in [3.63, 3.8) is 0 Å². The molecule has 29 heavy (non-hydrogen) atoms. The summed E-state index contributed by atoms with van der Waals surface area (Å²) in [6.07, 6.45) is 3.92. The molecule has 3 N–H and O–H groups in total. The highest BCUT2D eigenvalue weighted by molar-refractivity contribution is 5.96. The number of aliphatic carboxylic acids is 1. The fraction of sp³-hybridized carbons (Fsp3) is 0.348. The lowest BCUT2D eigenvalue weighted by atomic mass is 9.78. The van der Waals surface area contributed by atoms with E-state index >= 15 is 0 Å². The molecule has 1 fully saturated rings. The first-order chi connectivity index (χ1) is 14.0. The molecule has 0 saturated heterocycles. The van der Waals surface area contributed by atoms with Crippen LogP contribution < -0.4 is 10.6 Å². The van der Waals surface area contributed by atoms with Crippen molar-refractivity contribution in [2.45, 2.75) is 38.5 Å². The van der Waals surface area contributed by atoms with Gasteiger partial charge in [-0.25, -0.2) is 0 Å². The van der Waals surface area contributed by atoms with Gasteiger partial charge in [0.2, 0.25) is 11.8 Å². The Bertz CT molecular complexity index is 849. The van der Waals surface area contributed by atoms with Crippen molar-refractivity contribution in [1.82, 2.24) is 0 Å². The Balaban J connectivity index is 1.51. The number of aryl methyl sites for hydroxylation is 1. The topological polar surface area (TPSA) is 95.5 Å². The zero-order valence-corrected chi connectivity index (χ0v) is 16.3. The number of anilines is 2. The summed E-state index contributed by atoms with van der Waals surface area (Å²) in [6, 6.07) is 16.7. The lowest BCUT2D eigenvalue weighted by molar-refractivity contribution is -0.147. The number of amides is 2. The standard InChI is InChI=1S/C23H26N2O4/c26-21(15-10-16-6-2-1-3-7-16)24-17-11-13-18(14-12-17)25-22(27)19-8-4-5-9-20(19)23(28)29/h1-3,6-7,11-14,19-20H,4-5,8-10,15H2,(H,24,26)(H,25,27)(H,28,29). The first-order valence-corrected chi connectivity index (χ1v) is 10.0. The Labute approximate surface area is 170 Å². The summed E-state index contributed by atoms with van der Waals surface area (Å²) in [7, 11) is 0. The molecule has 0 bridgehead atoms. The van der Waals surface area contributed by atoms with Crippen LogP contribution in [0.2, 0.25) is 0 Å². The molecule has 0 aromatic heterocycles. The number of carboxylic acid groups (broad SMARTS) is 1. The van der Waals surface area contributed by atoms with Gasteiger partial charge in [0.15, 0.2) is 0 Å². The Morgan fingerprint density at radius 3 is 2.03 bits per heavy atom. The number of rotatable bonds is 7. The molecule has 2 aromatic carbocycles. The van der Waals surface area contributed by atoms with Crippen LogP contribution in [-0.4, -0.2) is 22.9 Å². The van der Waals surface area contributed by atoms with Crippen molar-refractivity contribution in [1.29, 1.82) is 0 Å². The molecule has 6 heteroatoms. The molecule has 2 unspecified atom stereocenters. The highest BCUT2D eigenvalue weighted by atomic mass is 16.4. The number of nitrogens with one attached hydrogen (secondary N) is 2. The number of benzene rings is 2. The fourth-order valence-corrected chi connectivity index (χ4v) is 3.74. The first-order valence-electron chi connectivity index (χ1n) is 10.0. The molecule has 1 aliphatic carbocycles. The number of carbonyl (C=O) groups is 3. The van der Waals surface area contributed by atoms with Crippen LogP contribution in [0, 0.1) is 11.8 Å². The quantitative estimate of drug-likeness (QED) is 0.659.